The van der Waals surface area contributed by atoms with Crippen LogP contribution in [0.4, 0.5) is 0 Å². The summed E-state index contributed by atoms with van der Waals surface area (Å²) in [6.45, 7) is 2.43. The molecule has 0 bridgehead atoms. The van der Waals surface area contributed by atoms with Gasteiger partial charge in [-0.3, -0.25) is 5.10 Å². The van der Waals surface area contributed by atoms with Crippen LogP contribution in [-0.4, -0.2) is 35.5 Å². The Balaban J connectivity index is 1.94. The zero-order valence-corrected chi connectivity index (χ0v) is 12.1. The number of hydrogen-bond acceptors (Lipinski definition) is 3. The average molecular weight is 283 g/mol. The summed E-state index contributed by atoms with van der Waals surface area (Å²) in [7, 11) is -3.38. The van der Waals surface area contributed by atoms with Crippen molar-refractivity contribution < 1.29 is 8.42 Å². The minimum atomic E-state index is -3.38. The molecule has 2 fully saturated rings. The predicted octanol–water partition coefficient (Wildman–Crippen LogP) is 2.06. The van der Waals surface area contributed by atoms with Gasteiger partial charge in [0.1, 0.15) is 4.90 Å². The highest BCUT2D eigenvalue weighted by Gasteiger charge is 2.40. The number of aromatic amines is 1. The molecular weight excluding hydrogens is 262 g/mol. The van der Waals surface area contributed by atoms with E-state index in [1.54, 1.807) is 11.2 Å². The first kappa shape index (κ1) is 13.1. The van der Waals surface area contributed by atoms with Crippen LogP contribution in [0.1, 0.15) is 44.2 Å². The highest BCUT2D eigenvalue weighted by molar-refractivity contribution is 7.89. The van der Waals surface area contributed by atoms with Gasteiger partial charge in [0.25, 0.3) is 0 Å². The van der Waals surface area contributed by atoms with E-state index in [9.17, 15) is 8.42 Å². The Morgan fingerprint density at radius 3 is 2.74 bits per heavy atom. The zero-order valence-electron chi connectivity index (χ0n) is 11.3. The Morgan fingerprint density at radius 2 is 2.00 bits per heavy atom. The Hall–Kier alpha value is -0.880. The van der Waals surface area contributed by atoms with E-state index in [1.165, 1.54) is 25.5 Å². The molecule has 0 amide bonds. The van der Waals surface area contributed by atoms with E-state index >= 15 is 0 Å². The lowest BCUT2D eigenvalue weighted by Gasteiger charge is -2.43. The van der Waals surface area contributed by atoms with Gasteiger partial charge in [-0.25, -0.2) is 8.42 Å². The van der Waals surface area contributed by atoms with E-state index in [0.29, 0.717) is 23.1 Å². The molecule has 2 aliphatic rings. The van der Waals surface area contributed by atoms with Crippen molar-refractivity contribution in [3.63, 3.8) is 0 Å². The molecule has 1 saturated heterocycles. The van der Waals surface area contributed by atoms with Crippen molar-refractivity contribution in [1.29, 1.82) is 0 Å². The van der Waals surface area contributed by atoms with Crippen LogP contribution in [0.3, 0.4) is 0 Å². The fourth-order valence-electron chi connectivity index (χ4n) is 3.60. The molecule has 1 aliphatic carbocycles. The molecule has 3 rings (SSSR count). The number of piperidine rings is 1. The van der Waals surface area contributed by atoms with Crippen molar-refractivity contribution >= 4 is 10.0 Å². The molecule has 0 unspecified atom stereocenters. The molecular formula is C13H21N3O2S. The Kier molecular flexibility index (Phi) is 3.39. The second-order valence-electron chi connectivity index (χ2n) is 5.73. The normalized spacial score (nSPS) is 29.1. The third kappa shape index (κ3) is 2.21. The van der Waals surface area contributed by atoms with Crippen LogP contribution in [0.2, 0.25) is 0 Å². The van der Waals surface area contributed by atoms with Crippen molar-refractivity contribution in [1.82, 2.24) is 14.5 Å². The molecule has 2 atom stereocenters. The molecule has 6 heteroatoms. The van der Waals surface area contributed by atoms with E-state index in [2.05, 4.69) is 10.2 Å². The molecule has 5 nitrogen and oxygen atoms in total. The number of H-pyrrole nitrogens is 1. The van der Waals surface area contributed by atoms with Gasteiger partial charge in [-0.1, -0.05) is 12.8 Å². The maximum atomic E-state index is 12.8. The van der Waals surface area contributed by atoms with Crippen LogP contribution in [0.5, 0.6) is 0 Å². The van der Waals surface area contributed by atoms with Crippen LogP contribution >= 0.6 is 0 Å². The fraction of sp³-hybridized carbons (Fsp3) is 0.769. The minimum absolute atomic E-state index is 0.210. The van der Waals surface area contributed by atoms with Crippen molar-refractivity contribution in [2.24, 2.45) is 5.92 Å². The van der Waals surface area contributed by atoms with Gasteiger partial charge in [0.15, 0.2) is 0 Å². The largest absolute Gasteiger partial charge is 0.281 e. The van der Waals surface area contributed by atoms with Crippen LogP contribution in [0.25, 0.3) is 0 Å². The quantitative estimate of drug-likeness (QED) is 0.903. The van der Waals surface area contributed by atoms with Gasteiger partial charge in [0.05, 0.1) is 11.9 Å². The lowest BCUT2D eigenvalue weighted by atomic mass is 9.79. The standard InChI is InChI=1S/C13H21N3O2S/c1-10-13(9-14-15-10)19(17,18)16-8-4-6-11-5-2-3-7-12(11)16/h9,11-12H,2-8H2,1H3,(H,14,15)/t11-,12-/m1/s1. The second-order valence-corrected chi connectivity index (χ2v) is 7.59. The number of nitrogens with one attached hydrogen (secondary N) is 1. The number of aryl methyl sites for hydroxylation is 1. The summed E-state index contributed by atoms with van der Waals surface area (Å²) in [6.07, 6.45) is 8.20. The number of rotatable bonds is 2. The van der Waals surface area contributed by atoms with Crippen molar-refractivity contribution in [3.8, 4) is 0 Å². The van der Waals surface area contributed by atoms with E-state index in [-0.39, 0.29) is 6.04 Å². The summed E-state index contributed by atoms with van der Waals surface area (Å²) >= 11 is 0. The average Bonchev–Trinajstić information content (AvgIpc) is 2.85. The van der Waals surface area contributed by atoms with E-state index < -0.39 is 10.0 Å². The van der Waals surface area contributed by atoms with Gasteiger partial charge in [-0.05, 0) is 38.5 Å². The summed E-state index contributed by atoms with van der Waals surface area (Å²) in [5.74, 6) is 0.560. The molecule has 1 saturated carbocycles. The highest BCUT2D eigenvalue weighted by atomic mass is 32.2. The molecule has 1 N–H and O–H groups in total. The highest BCUT2D eigenvalue weighted by Crippen LogP contribution is 2.38. The molecule has 0 aromatic carbocycles. The first-order chi connectivity index (χ1) is 9.10. The van der Waals surface area contributed by atoms with Gasteiger partial charge in [0, 0.05) is 12.6 Å². The number of aromatic nitrogens is 2. The van der Waals surface area contributed by atoms with Gasteiger partial charge >= 0.3 is 0 Å². The van der Waals surface area contributed by atoms with Crippen molar-refractivity contribution in [2.75, 3.05) is 6.54 Å². The molecule has 0 radical (unpaired) electrons. The molecule has 19 heavy (non-hydrogen) atoms. The lowest BCUT2D eigenvalue weighted by Crippen LogP contribution is -2.49. The van der Waals surface area contributed by atoms with Gasteiger partial charge < -0.3 is 0 Å². The minimum Gasteiger partial charge on any atom is -0.281 e. The third-order valence-corrected chi connectivity index (χ3v) is 6.60. The molecule has 1 aliphatic heterocycles. The number of hydrogen-bond donors (Lipinski definition) is 1. The van der Waals surface area contributed by atoms with Gasteiger partial charge in [0.2, 0.25) is 10.0 Å². The summed E-state index contributed by atoms with van der Waals surface area (Å²) in [4.78, 5) is 0.346. The number of nitrogens with zero attached hydrogens (tertiary/aromatic N) is 2. The van der Waals surface area contributed by atoms with Crippen LogP contribution in [0, 0.1) is 12.8 Å². The zero-order chi connectivity index (χ0) is 13.5. The molecule has 1 aromatic rings. The molecule has 1 aromatic heterocycles. The maximum absolute atomic E-state index is 12.8. The Bertz CT molecular complexity index is 550. The van der Waals surface area contributed by atoms with E-state index in [0.717, 1.165) is 19.3 Å². The molecule has 106 valence electrons. The first-order valence-corrected chi connectivity index (χ1v) is 8.56. The topological polar surface area (TPSA) is 66.1 Å². The van der Waals surface area contributed by atoms with Crippen LogP contribution < -0.4 is 0 Å². The summed E-state index contributed by atoms with van der Waals surface area (Å²) < 4.78 is 27.3. The molecule has 0 spiro atoms. The van der Waals surface area contributed by atoms with Gasteiger partial charge in [-0.15, -0.1) is 0 Å². The first-order valence-electron chi connectivity index (χ1n) is 7.12. The fourth-order valence-corrected chi connectivity index (χ4v) is 5.48. The maximum Gasteiger partial charge on any atom is 0.246 e. The summed E-state index contributed by atoms with van der Waals surface area (Å²) in [5, 5.41) is 6.59. The van der Waals surface area contributed by atoms with E-state index in [4.69, 9.17) is 0 Å². The van der Waals surface area contributed by atoms with Gasteiger partial charge in [-0.2, -0.15) is 9.40 Å². The number of sulfonamides is 1. The smallest absolute Gasteiger partial charge is 0.246 e. The summed E-state index contributed by atoms with van der Waals surface area (Å²) in [6, 6.07) is 0.210. The third-order valence-electron chi connectivity index (χ3n) is 4.56. The van der Waals surface area contributed by atoms with Crippen molar-refractivity contribution in [2.45, 2.75) is 56.4 Å². The SMILES string of the molecule is Cc1[nH]ncc1S(=O)(=O)N1CCC[C@H]2CCCC[C@H]21. The van der Waals surface area contributed by atoms with Crippen LogP contribution in [-0.2, 0) is 10.0 Å². The second kappa shape index (κ2) is 4.90. The van der Waals surface area contributed by atoms with Crippen LogP contribution in [0.15, 0.2) is 11.1 Å². The molecule has 2 heterocycles. The Morgan fingerprint density at radius 1 is 1.26 bits per heavy atom. The lowest BCUT2D eigenvalue weighted by molar-refractivity contribution is 0.129. The monoisotopic (exact) mass is 283 g/mol. The predicted molar refractivity (Wildman–Crippen MR) is 72.2 cm³/mol. The summed E-state index contributed by atoms with van der Waals surface area (Å²) in [5.41, 5.74) is 0.637. The van der Waals surface area contributed by atoms with E-state index in [1.807, 2.05) is 0 Å². The van der Waals surface area contributed by atoms with Crippen molar-refractivity contribution in [3.05, 3.63) is 11.9 Å². The number of fused-ring (bicyclic) bond motifs is 1. The Labute approximate surface area is 114 Å².